The van der Waals surface area contributed by atoms with E-state index in [1.807, 2.05) is 49.4 Å². The summed E-state index contributed by atoms with van der Waals surface area (Å²) in [5, 5.41) is 0. The quantitative estimate of drug-likeness (QED) is 0.644. The molecule has 0 spiro atoms. The van der Waals surface area contributed by atoms with Crippen molar-refractivity contribution in [3.63, 3.8) is 0 Å². The van der Waals surface area contributed by atoms with E-state index >= 15 is 0 Å². The highest BCUT2D eigenvalue weighted by atomic mass is 16.5. The molecule has 2 atom stereocenters. The molecule has 1 aliphatic heterocycles. The molecule has 1 aromatic rings. The van der Waals surface area contributed by atoms with Crippen molar-refractivity contribution in [2.45, 2.75) is 44.9 Å². The van der Waals surface area contributed by atoms with Crippen LogP contribution in [0.25, 0.3) is 0 Å². The summed E-state index contributed by atoms with van der Waals surface area (Å²) in [5.41, 5.74) is 6.85. The van der Waals surface area contributed by atoms with Crippen molar-refractivity contribution in [2.75, 3.05) is 6.54 Å². The highest BCUT2D eigenvalue weighted by Gasteiger charge is 2.36. The van der Waals surface area contributed by atoms with E-state index in [9.17, 15) is 9.59 Å². The van der Waals surface area contributed by atoms with Crippen LogP contribution in [-0.2, 0) is 20.9 Å². The van der Waals surface area contributed by atoms with Crippen molar-refractivity contribution < 1.29 is 14.3 Å². The molecule has 0 bridgehead atoms. The third kappa shape index (κ3) is 4.66. The zero-order valence-corrected chi connectivity index (χ0v) is 13.5. The number of rotatable bonds is 6. The number of amides is 1. The van der Waals surface area contributed by atoms with Crippen LogP contribution in [0.4, 0.5) is 0 Å². The Hall–Kier alpha value is -2.14. The fraction of sp³-hybridized carbons (Fsp3) is 0.444. The van der Waals surface area contributed by atoms with Crippen LogP contribution in [0.1, 0.15) is 31.7 Å². The molecule has 2 N–H and O–H groups in total. The van der Waals surface area contributed by atoms with Crippen LogP contribution in [0.3, 0.4) is 0 Å². The molecular weight excluding hydrogens is 292 g/mol. The highest BCUT2D eigenvalue weighted by Crippen LogP contribution is 2.20. The summed E-state index contributed by atoms with van der Waals surface area (Å²) in [6.45, 7) is 2.67. The van der Waals surface area contributed by atoms with Gasteiger partial charge in [-0.3, -0.25) is 4.79 Å². The lowest BCUT2D eigenvalue weighted by Crippen LogP contribution is -2.48. The summed E-state index contributed by atoms with van der Waals surface area (Å²) in [4.78, 5) is 26.3. The topological polar surface area (TPSA) is 72.6 Å². The number of ether oxygens (including phenoxy) is 1. The van der Waals surface area contributed by atoms with E-state index in [0.29, 0.717) is 19.4 Å². The molecule has 1 aromatic carbocycles. The molecular formula is C18H24N2O3. The smallest absolute Gasteiger partial charge is 0.329 e. The Labute approximate surface area is 137 Å². The van der Waals surface area contributed by atoms with Crippen molar-refractivity contribution in [3.8, 4) is 0 Å². The first-order valence-corrected chi connectivity index (χ1v) is 8.01. The van der Waals surface area contributed by atoms with Crippen LogP contribution in [-0.4, -0.2) is 35.4 Å². The van der Waals surface area contributed by atoms with E-state index in [2.05, 4.69) is 0 Å². The van der Waals surface area contributed by atoms with Crippen LogP contribution in [0.2, 0.25) is 0 Å². The minimum atomic E-state index is -0.603. The Morgan fingerprint density at radius 1 is 1.39 bits per heavy atom. The molecule has 1 fully saturated rings. The van der Waals surface area contributed by atoms with Gasteiger partial charge in [0.2, 0.25) is 5.91 Å². The zero-order chi connectivity index (χ0) is 16.7. The lowest BCUT2D eigenvalue weighted by molar-refractivity contribution is -0.154. The minimum Gasteiger partial charge on any atom is -0.459 e. The van der Waals surface area contributed by atoms with Gasteiger partial charge in [0.15, 0.2) is 0 Å². The van der Waals surface area contributed by atoms with E-state index in [1.165, 1.54) is 0 Å². The van der Waals surface area contributed by atoms with Gasteiger partial charge in [-0.1, -0.05) is 42.5 Å². The molecule has 124 valence electrons. The fourth-order valence-corrected chi connectivity index (χ4v) is 2.70. The van der Waals surface area contributed by atoms with E-state index in [1.54, 1.807) is 4.90 Å². The summed E-state index contributed by atoms with van der Waals surface area (Å²) < 4.78 is 5.37. The summed E-state index contributed by atoms with van der Waals surface area (Å²) in [7, 11) is 0. The Balaban J connectivity index is 1.92. The van der Waals surface area contributed by atoms with Gasteiger partial charge in [-0.25, -0.2) is 4.79 Å². The molecule has 1 saturated heterocycles. The first-order valence-electron chi connectivity index (χ1n) is 8.01. The maximum atomic E-state index is 12.4. The monoisotopic (exact) mass is 316 g/mol. The van der Waals surface area contributed by atoms with Gasteiger partial charge in [-0.15, -0.1) is 0 Å². The Bertz CT molecular complexity index is 557. The molecule has 0 radical (unpaired) electrons. The highest BCUT2D eigenvalue weighted by molar-refractivity contribution is 5.88. The van der Waals surface area contributed by atoms with E-state index < -0.39 is 12.1 Å². The molecule has 0 saturated carbocycles. The molecule has 0 aliphatic carbocycles. The number of benzene rings is 1. The zero-order valence-electron chi connectivity index (χ0n) is 13.5. The van der Waals surface area contributed by atoms with Crippen molar-refractivity contribution in [2.24, 2.45) is 5.73 Å². The van der Waals surface area contributed by atoms with E-state index in [0.717, 1.165) is 12.0 Å². The normalized spacial score (nSPS) is 19.0. The number of nitrogens with two attached hydrogens (primary N) is 1. The molecule has 5 nitrogen and oxygen atoms in total. The number of nitrogens with zero attached hydrogens (tertiary/aromatic N) is 1. The Kier molecular flexibility index (Phi) is 6.35. The third-order valence-corrected chi connectivity index (χ3v) is 3.97. The summed E-state index contributed by atoms with van der Waals surface area (Å²) in [5.74, 6) is -0.528. The summed E-state index contributed by atoms with van der Waals surface area (Å²) in [6.07, 6.45) is 5.64. The van der Waals surface area contributed by atoms with Crippen LogP contribution in [0.5, 0.6) is 0 Å². The lowest BCUT2D eigenvalue weighted by Gasteiger charge is -2.25. The van der Waals surface area contributed by atoms with Gasteiger partial charge in [0.05, 0.1) is 6.04 Å². The van der Waals surface area contributed by atoms with Crippen molar-refractivity contribution in [1.82, 2.24) is 4.90 Å². The van der Waals surface area contributed by atoms with Gasteiger partial charge in [0, 0.05) is 6.54 Å². The number of likely N-dealkylation sites (tertiary alicyclic amines) is 1. The van der Waals surface area contributed by atoms with Crippen LogP contribution in [0.15, 0.2) is 42.5 Å². The Morgan fingerprint density at radius 2 is 2.13 bits per heavy atom. The minimum absolute atomic E-state index is 0.178. The second kappa shape index (κ2) is 8.48. The summed E-state index contributed by atoms with van der Waals surface area (Å²) in [6, 6.07) is 8.39. The summed E-state index contributed by atoms with van der Waals surface area (Å²) >= 11 is 0. The SMILES string of the molecule is C/C=C\C[C@H](N)C(=O)N1CCC[C@H]1C(=O)OCc1ccccc1. The largest absolute Gasteiger partial charge is 0.459 e. The maximum Gasteiger partial charge on any atom is 0.329 e. The number of carbonyl (C=O) groups excluding carboxylic acids is 2. The molecule has 1 aliphatic rings. The second-order valence-corrected chi connectivity index (χ2v) is 5.69. The lowest BCUT2D eigenvalue weighted by atomic mass is 10.1. The predicted octanol–water partition coefficient (Wildman–Crippen LogP) is 2.01. The van der Waals surface area contributed by atoms with Crippen molar-refractivity contribution in [1.29, 1.82) is 0 Å². The number of carbonyl (C=O) groups is 2. The van der Waals surface area contributed by atoms with Gasteiger partial charge in [0.25, 0.3) is 0 Å². The van der Waals surface area contributed by atoms with Gasteiger partial charge in [0.1, 0.15) is 12.6 Å². The first kappa shape index (κ1) is 17.2. The van der Waals surface area contributed by atoms with Crippen molar-refractivity contribution in [3.05, 3.63) is 48.0 Å². The average molecular weight is 316 g/mol. The number of allylic oxidation sites excluding steroid dienone is 1. The number of hydrogen-bond acceptors (Lipinski definition) is 4. The fourth-order valence-electron chi connectivity index (χ4n) is 2.70. The van der Waals surface area contributed by atoms with Crippen molar-refractivity contribution >= 4 is 11.9 Å². The van der Waals surface area contributed by atoms with Crippen LogP contribution < -0.4 is 5.73 Å². The average Bonchev–Trinajstić information content (AvgIpc) is 3.07. The van der Waals surface area contributed by atoms with Gasteiger partial charge in [-0.05, 0) is 31.7 Å². The molecule has 1 amide bonds. The van der Waals surface area contributed by atoms with Crippen LogP contribution in [0, 0.1) is 0 Å². The van der Waals surface area contributed by atoms with E-state index in [-0.39, 0.29) is 18.5 Å². The third-order valence-electron chi connectivity index (χ3n) is 3.97. The molecule has 0 aromatic heterocycles. The number of esters is 1. The molecule has 0 unspecified atom stereocenters. The Morgan fingerprint density at radius 3 is 2.83 bits per heavy atom. The number of hydrogen-bond donors (Lipinski definition) is 1. The molecule has 5 heteroatoms. The maximum absolute atomic E-state index is 12.4. The van der Waals surface area contributed by atoms with Gasteiger partial charge in [-0.2, -0.15) is 0 Å². The van der Waals surface area contributed by atoms with Crippen LogP contribution >= 0.6 is 0 Å². The predicted molar refractivity (Wildman–Crippen MR) is 88.4 cm³/mol. The second-order valence-electron chi connectivity index (χ2n) is 5.69. The first-order chi connectivity index (χ1) is 11.1. The van der Waals surface area contributed by atoms with E-state index in [4.69, 9.17) is 10.5 Å². The molecule has 2 rings (SSSR count). The standard InChI is InChI=1S/C18H24N2O3/c1-2-3-10-15(19)17(21)20-12-7-11-16(20)18(22)23-13-14-8-5-4-6-9-14/h2-6,8-9,15-16H,7,10-13,19H2,1H3/b3-2-/t15-,16-/m0/s1. The molecule has 1 heterocycles. The molecule has 23 heavy (non-hydrogen) atoms. The van der Waals surface area contributed by atoms with Gasteiger partial charge >= 0.3 is 5.97 Å². The van der Waals surface area contributed by atoms with Gasteiger partial charge < -0.3 is 15.4 Å².